The lowest BCUT2D eigenvalue weighted by atomic mass is 10.1. The molecule has 9 heavy (non-hydrogen) atoms. The molecular weight excluding hydrogens is 112 g/mol. The van der Waals surface area contributed by atoms with Crippen LogP contribution in [0.4, 0.5) is 0 Å². The normalized spacial score (nSPS) is 50.7. The van der Waals surface area contributed by atoms with Crippen LogP contribution in [-0.2, 0) is 0 Å². The van der Waals surface area contributed by atoms with Crippen molar-refractivity contribution in [1.29, 1.82) is 0 Å². The Morgan fingerprint density at radius 3 is 2.56 bits per heavy atom. The number of rotatable bonds is 0. The lowest BCUT2D eigenvalue weighted by Gasteiger charge is -2.25. The number of hydrogen-bond donors (Lipinski definition) is 1. The van der Waals surface area contributed by atoms with Crippen molar-refractivity contribution in [2.75, 3.05) is 13.6 Å². The SMILES string of the molecule is CN1CC2CC1C[C@@H]2N. The molecule has 2 aliphatic rings. The van der Waals surface area contributed by atoms with Crippen LogP contribution in [0.5, 0.6) is 0 Å². The zero-order chi connectivity index (χ0) is 6.43. The number of nitrogens with two attached hydrogens (primary N) is 1. The third-order valence-corrected chi connectivity index (χ3v) is 2.87. The highest BCUT2D eigenvalue weighted by Crippen LogP contribution is 2.35. The summed E-state index contributed by atoms with van der Waals surface area (Å²) in [6.45, 7) is 1.24. The average Bonchev–Trinajstić information content (AvgIpc) is 2.24. The molecule has 2 N–H and O–H groups in total. The second-order valence-corrected chi connectivity index (χ2v) is 3.49. The zero-order valence-electron chi connectivity index (χ0n) is 5.88. The second kappa shape index (κ2) is 1.70. The molecule has 1 heterocycles. The Hall–Kier alpha value is -0.0800. The highest BCUT2D eigenvalue weighted by atomic mass is 15.2. The number of likely N-dealkylation sites (tertiary alicyclic amines) is 1. The molecule has 1 saturated carbocycles. The number of hydrogen-bond acceptors (Lipinski definition) is 2. The van der Waals surface area contributed by atoms with Crippen LogP contribution in [0.1, 0.15) is 12.8 Å². The maximum atomic E-state index is 5.86. The third-order valence-electron chi connectivity index (χ3n) is 2.87. The highest BCUT2D eigenvalue weighted by molar-refractivity contribution is 4.97. The molecule has 1 saturated heterocycles. The first-order valence-electron chi connectivity index (χ1n) is 3.73. The fourth-order valence-corrected chi connectivity index (χ4v) is 2.22. The number of piperidine rings is 1. The van der Waals surface area contributed by atoms with Gasteiger partial charge in [-0.25, -0.2) is 0 Å². The highest BCUT2D eigenvalue weighted by Gasteiger charge is 2.40. The third kappa shape index (κ3) is 0.700. The summed E-state index contributed by atoms with van der Waals surface area (Å²) in [6, 6.07) is 1.34. The van der Waals surface area contributed by atoms with Crippen molar-refractivity contribution in [3.8, 4) is 0 Å². The maximum Gasteiger partial charge on any atom is 0.0111 e. The Morgan fingerprint density at radius 2 is 2.22 bits per heavy atom. The Balaban J connectivity index is 2.10. The Morgan fingerprint density at radius 1 is 1.44 bits per heavy atom. The van der Waals surface area contributed by atoms with Crippen LogP contribution in [0.25, 0.3) is 0 Å². The molecule has 2 rings (SSSR count). The summed E-state index contributed by atoms with van der Waals surface area (Å²) in [5.74, 6) is 0.819. The first kappa shape index (κ1) is 5.69. The quantitative estimate of drug-likeness (QED) is 0.496. The van der Waals surface area contributed by atoms with E-state index in [2.05, 4.69) is 11.9 Å². The summed E-state index contributed by atoms with van der Waals surface area (Å²) >= 11 is 0. The average molecular weight is 126 g/mol. The molecule has 0 aromatic carbocycles. The van der Waals surface area contributed by atoms with Gasteiger partial charge in [0, 0.05) is 18.6 Å². The summed E-state index contributed by atoms with van der Waals surface area (Å²) in [6.07, 6.45) is 2.60. The largest absolute Gasteiger partial charge is 0.327 e. The van der Waals surface area contributed by atoms with Gasteiger partial charge in [0.25, 0.3) is 0 Å². The van der Waals surface area contributed by atoms with Gasteiger partial charge < -0.3 is 10.6 Å². The summed E-state index contributed by atoms with van der Waals surface area (Å²) in [4.78, 5) is 2.44. The van der Waals surface area contributed by atoms with E-state index in [-0.39, 0.29) is 0 Å². The summed E-state index contributed by atoms with van der Waals surface area (Å²) in [5, 5.41) is 0. The van der Waals surface area contributed by atoms with Gasteiger partial charge in [0.2, 0.25) is 0 Å². The standard InChI is InChI=1S/C7H14N2/c1-9-4-5-2-6(9)3-7(5)8/h5-7H,2-4,8H2,1H3/t5?,6?,7-/m0/s1. The van der Waals surface area contributed by atoms with Crippen LogP contribution >= 0.6 is 0 Å². The smallest absolute Gasteiger partial charge is 0.0111 e. The summed E-state index contributed by atoms with van der Waals surface area (Å²) < 4.78 is 0. The minimum atomic E-state index is 0.520. The van der Waals surface area contributed by atoms with E-state index in [1.165, 1.54) is 19.4 Å². The van der Waals surface area contributed by atoms with E-state index in [1.54, 1.807) is 0 Å². The van der Waals surface area contributed by atoms with Crippen LogP contribution in [0, 0.1) is 5.92 Å². The lowest BCUT2D eigenvalue weighted by molar-refractivity contribution is 0.243. The molecule has 0 aromatic heterocycles. The molecule has 0 aromatic rings. The van der Waals surface area contributed by atoms with Crippen LogP contribution in [-0.4, -0.2) is 30.6 Å². The molecule has 2 fully saturated rings. The first-order valence-corrected chi connectivity index (χ1v) is 3.73. The predicted molar refractivity (Wildman–Crippen MR) is 37.1 cm³/mol. The zero-order valence-corrected chi connectivity index (χ0v) is 5.88. The molecule has 3 atom stereocenters. The molecule has 0 amide bonds. The Labute approximate surface area is 56.0 Å². The molecule has 2 heteroatoms. The van der Waals surface area contributed by atoms with E-state index in [0.717, 1.165) is 12.0 Å². The van der Waals surface area contributed by atoms with Gasteiger partial charge >= 0.3 is 0 Å². The van der Waals surface area contributed by atoms with Gasteiger partial charge in [0.05, 0.1) is 0 Å². The van der Waals surface area contributed by atoms with E-state index in [4.69, 9.17) is 5.73 Å². The van der Waals surface area contributed by atoms with Crippen molar-refractivity contribution in [3.05, 3.63) is 0 Å². The predicted octanol–water partition coefficient (Wildman–Crippen LogP) is 0.0377. The Bertz CT molecular complexity index is 106. The fourth-order valence-electron chi connectivity index (χ4n) is 2.22. The van der Waals surface area contributed by atoms with Crippen LogP contribution in [0.3, 0.4) is 0 Å². The van der Waals surface area contributed by atoms with Gasteiger partial charge in [0.1, 0.15) is 0 Å². The molecule has 1 aliphatic heterocycles. The Kier molecular flexibility index (Phi) is 1.08. The molecule has 2 unspecified atom stereocenters. The van der Waals surface area contributed by atoms with E-state index >= 15 is 0 Å². The maximum absolute atomic E-state index is 5.86. The second-order valence-electron chi connectivity index (χ2n) is 3.49. The van der Waals surface area contributed by atoms with Crippen molar-refractivity contribution >= 4 is 0 Å². The lowest BCUT2D eigenvalue weighted by Crippen LogP contribution is -2.38. The number of nitrogens with zero attached hydrogens (tertiary/aromatic N) is 1. The van der Waals surface area contributed by atoms with Gasteiger partial charge in [0.15, 0.2) is 0 Å². The van der Waals surface area contributed by atoms with Crippen LogP contribution < -0.4 is 5.73 Å². The van der Waals surface area contributed by atoms with Crippen LogP contribution in [0.2, 0.25) is 0 Å². The van der Waals surface area contributed by atoms with Crippen molar-refractivity contribution in [2.45, 2.75) is 24.9 Å². The molecule has 0 spiro atoms. The minimum Gasteiger partial charge on any atom is -0.327 e. The van der Waals surface area contributed by atoms with E-state index in [0.29, 0.717) is 6.04 Å². The van der Waals surface area contributed by atoms with Crippen molar-refractivity contribution in [2.24, 2.45) is 11.7 Å². The van der Waals surface area contributed by atoms with Gasteiger partial charge in [-0.2, -0.15) is 0 Å². The molecule has 2 nitrogen and oxygen atoms in total. The monoisotopic (exact) mass is 126 g/mol. The first-order chi connectivity index (χ1) is 4.27. The molecule has 2 bridgehead atoms. The van der Waals surface area contributed by atoms with Gasteiger partial charge in [-0.3, -0.25) is 0 Å². The van der Waals surface area contributed by atoms with Crippen LogP contribution in [0.15, 0.2) is 0 Å². The molecule has 0 radical (unpaired) electrons. The molecule has 1 aliphatic carbocycles. The van der Waals surface area contributed by atoms with E-state index in [1.807, 2.05) is 0 Å². The fraction of sp³-hybridized carbons (Fsp3) is 1.00. The van der Waals surface area contributed by atoms with E-state index in [9.17, 15) is 0 Å². The topological polar surface area (TPSA) is 29.3 Å². The number of fused-ring (bicyclic) bond motifs is 2. The van der Waals surface area contributed by atoms with E-state index < -0.39 is 0 Å². The van der Waals surface area contributed by atoms with Gasteiger partial charge in [-0.15, -0.1) is 0 Å². The molecule has 52 valence electrons. The molecular formula is C7H14N2. The van der Waals surface area contributed by atoms with Crippen molar-refractivity contribution < 1.29 is 0 Å². The van der Waals surface area contributed by atoms with Gasteiger partial charge in [-0.1, -0.05) is 0 Å². The summed E-state index contributed by atoms with van der Waals surface area (Å²) in [5.41, 5.74) is 5.86. The minimum absolute atomic E-state index is 0.520. The van der Waals surface area contributed by atoms with Crippen molar-refractivity contribution in [1.82, 2.24) is 4.90 Å². The summed E-state index contributed by atoms with van der Waals surface area (Å²) in [7, 11) is 2.20. The van der Waals surface area contributed by atoms with Gasteiger partial charge in [-0.05, 0) is 25.8 Å². The van der Waals surface area contributed by atoms with Crippen molar-refractivity contribution in [3.63, 3.8) is 0 Å².